The molecule has 0 aliphatic rings. The van der Waals surface area contributed by atoms with Crippen LogP contribution in [-0.2, 0) is 9.59 Å². The number of anilines is 1. The van der Waals surface area contributed by atoms with Crippen molar-refractivity contribution >= 4 is 17.5 Å². The smallest absolute Gasteiger partial charge is 0.313 e. The summed E-state index contributed by atoms with van der Waals surface area (Å²) in [6.45, 7) is 2.97. The molecule has 0 atom stereocenters. The maximum Gasteiger partial charge on any atom is 0.313 e. The van der Waals surface area contributed by atoms with Crippen molar-refractivity contribution < 1.29 is 14.0 Å². The van der Waals surface area contributed by atoms with Crippen LogP contribution in [0.2, 0.25) is 0 Å². The second kappa shape index (κ2) is 7.59. The third-order valence-corrected chi connectivity index (χ3v) is 2.72. The number of benzene rings is 1. The number of nitrogens with one attached hydrogen (secondary N) is 2. The lowest BCUT2D eigenvalue weighted by Gasteiger charge is -2.10. The van der Waals surface area contributed by atoms with Gasteiger partial charge in [-0.1, -0.05) is 6.07 Å². The van der Waals surface area contributed by atoms with Crippen LogP contribution in [0.25, 0.3) is 0 Å². The summed E-state index contributed by atoms with van der Waals surface area (Å²) in [7, 11) is 3.86. The van der Waals surface area contributed by atoms with E-state index in [2.05, 4.69) is 10.6 Å². The Labute approximate surface area is 118 Å². The largest absolute Gasteiger partial charge is 0.348 e. The lowest BCUT2D eigenvalue weighted by molar-refractivity contribution is -0.136. The molecule has 1 rings (SSSR count). The molecule has 2 N–H and O–H groups in total. The fraction of sp³-hybridized carbons (Fsp3) is 0.429. The summed E-state index contributed by atoms with van der Waals surface area (Å²) in [5, 5.41) is 4.92. The number of halogens is 1. The Bertz CT molecular complexity index is 489. The summed E-state index contributed by atoms with van der Waals surface area (Å²) in [6, 6.07) is 4.03. The maximum atomic E-state index is 13.1. The SMILES string of the molecule is Cc1ccc(F)cc1NC(=O)C(=O)NCCCN(C)C. The molecular weight excluding hydrogens is 261 g/mol. The highest BCUT2D eigenvalue weighted by molar-refractivity contribution is 6.39. The van der Waals surface area contributed by atoms with Gasteiger partial charge in [0.15, 0.2) is 0 Å². The quantitative estimate of drug-likeness (QED) is 0.628. The molecule has 6 heteroatoms. The predicted molar refractivity (Wildman–Crippen MR) is 75.9 cm³/mol. The van der Waals surface area contributed by atoms with Gasteiger partial charge in [0, 0.05) is 12.2 Å². The number of carbonyl (C=O) groups excluding carboxylic acids is 2. The molecule has 1 aromatic rings. The Morgan fingerprint density at radius 3 is 2.60 bits per heavy atom. The first-order valence-corrected chi connectivity index (χ1v) is 6.40. The van der Waals surface area contributed by atoms with Crippen molar-refractivity contribution in [3.8, 4) is 0 Å². The summed E-state index contributed by atoms with van der Waals surface area (Å²) in [6.07, 6.45) is 0.755. The predicted octanol–water partition coefficient (Wildman–Crippen LogP) is 1.14. The zero-order valence-electron chi connectivity index (χ0n) is 12.0. The van der Waals surface area contributed by atoms with E-state index in [-0.39, 0.29) is 0 Å². The van der Waals surface area contributed by atoms with E-state index in [0.29, 0.717) is 17.8 Å². The molecule has 0 spiro atoms. The molecule has 0 saturated carbocycles. The molecule has 0 heterocycles. The Morgan fingerprint density at radius 1 is 1.25 bits per heavy atom. The van der Waals surface area contributed by atoms with E-state index in [1.807, 2.05) is 19.0 Å². The molecule has 20 heavy (non-hydrogen) atoms. The van der Waals surface area contributed by atoms with Crippen molar-refractivity contribution in [3.05, 3.63) is 29.6 Å². The van der Waals surface area contributed by atoms with Gasteiger partial charge in [-0.05, 0) is 51.7 Å². The van der Waals surface area contributed by atoms with E-state index < -0.39 is 17.6 Å². The molecule has 0 radical (unpaired) electrons. The lowest BCUT2D eigenvalue weighted by Crippen LogP contribution is -2.36. The zero-order valence-corrected chi connectivity index (χ0v) is 12.0. The third kappa shape index (κ3) is 5.36. The minimum atomic E-state index is -0.788. The number of carbonyl (C=O) groups is 2. The monoisotopic (exact) mass is 281 g/mol. The average Bonchev–Trinajstić information content (AvgIpc) is 2.38. The highest BCUT2D eigenvalue weighted by Gasteiger charge is 2.14. The van der Waals surface area contributed by atoms with Gasteiger partial charge in [0.2, 0.25) is 0 Å². The van der Waals surface area contributed by atoms with E-state index in [1.165, 1.54) is 12.1 Å². The highest BCUT2D eigenvalue weighted by atomic mass is 19.1. The van der Waals surface area contributed by atoms with Gasteiger partial charge < -0.3 is 15.5 Å². The van der Waals surface area contributed by atoms with Gasteiger partial charge >= 0.3 is 11.8 Å². The van der Waals surface area contributed by atoms with Gasteiger partial charge in [0.05, 0.1) is 0 Å². The minimum absolute atomic E-state index is 0.304. The maximum absolute atomic E-state index is 13.1. The molecule has 0 aliphatic heterocycles. The van der Waals surface area contributed by atoms with Gasteiger partial charge in [-0.3, -0.25) is 9.59 Å². The van der Waals surface area contributed by atoms with Crippen LogP contribution in [0.3, 0.4) is 0 Å². The van der Waals surface area contributed by atoms with Crippen LogP contribution in [0.15, 0.2) is 18.2 Å². The topological polar surface area (TPSA) is 61.4 Å². The molecule has 0 unspecified atom stereocenters. The Kier molecular flexibility index (Phi) is 6.11. The number of hydrogen-bond donors (Lipinski definition) is 2. The van der Waals surface area contributed by atoms with Crippen LogP contribution in [0.4, 0.5) is 10.1 Å². The summed E-state index contributed by atoms with van der Waals surface area (Å²) >= 11 is 0. The molecule has 0 aliphatic carbocycles. The second-order valence-electron chi connectivity index (χ2n) is 4.83. The minimum Gasteiger partial charge on any atom is -0.348 e. The van der Waals surface area contributed by atoms with Crippen LogP contribution >= 0.6 is 0 Å². The standard InChI is InChI=1S/C14H20FN3O2/c1-10-5-6-11(15)9-12(10)17-14(20)13(19)16-7-4-8-18(2)3/h5-6,9H,4,7-8H2,1-3H3,(H,16,19)(H,17,20). The van der Waals surface area contributed by atoms with E-state index in [9.17, 15) is 14.0 Å². The number of amides is 2. The van der Waals surface area contributed by atoms with Crippen molar-refractivity contribution in [2.75, 3.05) is 32.5 Å². The van der Waals surface area contributed by atoms with Crippen molar-refractivity contribution in [3.63, 3.8) is 0 Å². The van der Waals surface area contributed by atoms with Gasteiger partial charge in [0.1, 0.15) is 5.82 Å². The number of hydrogen-bond acceptors (Lipinski definition) is 3. The fourth-order valence-electron chi connectivity index (χ4n) is 1.59. The molecule has 0 aromatic heterocycles. The van der Waals surface area contributed by atoms with Crippen LogP contribution in [0.5, 0.6) is 0 Å². The fourth-order valence-corrected chi connectivity index (χ4v) is 1.59. The number of nitrogens with zero attached hydrogens (tertiary/aromatic N) is 1. The van der Waals surface area contributed by atoms with Crippen LogP contribution < -0.4 is 10.6 Å². The summed E-state index contributed by atoms with van der Waals surface area (Å²) < 4.78 is 13.1. The zero-order chi connectivity index (χ0) is 15.1. The van der Waals surface area contributed by atoms with Crippen molar-refractivity contribution in [2.45, 2.75) is 13.3 Å². The molecular formula is C14H20FN3O2. The number of aryl methyl sites for hydroxylation is 1. The third-order valence-electron chi connectivity index (χ3n) is 2.72. The van der Waals surface area contributed by atoms with Gasteiger partial charge in [-0.25, -0.2) is 4.39 Å². The molecule has 5 nitrogen and oxygen atoms in total. The van der Waals surface area contributed by atoms with Crippen LogP contribution in [0.1, 0.15) is 12.0 Å². The molecule has 0 saturated heterocycles. The van der Waals surface area contributed by atoms with E-state index in [4.69, 9.17) is 0 Å². The molecule has 1 aromatic carbocycles. The Balaban J connectivity index is 2.45. The first-order chi connectivity index (χ1) is 9.40. The Morgan fingerprint density at radius 2 is 1.95 bits per heavy atom. The first-order valence-electron chi connectivity index (χ1n) is 6.40. The van der Waals surface area contributed by atoms with Crippen molar-refractivity contribution in [2.24, 2.45) is 0 Å². The molecule has 110 valence electrons. The number of rotatable bonds is 5. The van der Waals surface area contributed by atoms with Crippen LogP contribution in [-0.4, -0.2) is 43.9 Å². The highest BCUT2D eigenvalue weighted by Crippen LogP contribution is 2.15. The van der Waals surface area contributed by atoms with Crippen molar-refractivity contribution in [1.29, 1.82) is 0 Å². The molecule has 0 fully saturated rings. The summed E-state index contributed by atoms with van der Waals surface area (Å²) in [4.78, 5) is 25.2. The van der Waals surface area contributed by atoms with Gasteiger partial charge in [-0.15, -0.1) is 0 Å². The average molecular weight is 281 g/mol. The summed E-state index contributed by atoms with van der Waals surface area (Å²) in [5.74, 6) is -1.96. The van der Waals surface area contributed by atoms with Crippen LogP contribution in [0, 0.1) is 12.7 Å². The lowest BCUT2D eigenvalue weighted by atomic mass is 10.2. The van der Waals surface area contributed by atoms with E-state index in [1.54, 1.807) is 13.0 Å². The molecule has 0 bridgehead atoms. The first kappa shape index (κ1) is 16.1. The molecule has 2 amide bonds. The summed E-state index contributed by atoms with van der Waals surface area (Å²) in [5.41, 5.74) is 0.999. The van der Waals surface area contributed by atoms with Gasteiger partial charge in [0.25, 0.3) is 0 Å². The Hall–Kier alpha value is -1.95. The van der Waals surface area contributed by atoms with E-state index in [0.717, 1.165) is 13.0 Å². The van der Waals surface area contributed by atoms with Crippen molar-refractivity contribution in [1.82, 2.24) is 10.2 Å². The second-order valence-corrected chi connectivity index (χ2v) is 4.83. The normalized spacial score (nSPS) is 10.4. The van der Waals surface area contributed by atoms with E-state index >= 15 is 0 Å². The van der Waals surface area contributed by atoms with Gasteiger partial charge in [-0.2, -0.15) is 0 Å².